The maximum absolute atomic E-state index is 13.0. The standard InChI is InChI=1S/C25H25N5O2S/c1-17-27-24(32-29-17)16-33-19-7-5-18(6-8-19)25(31)28-22-9-10-23(30-13-3-2-4-14-30)20-11-12-26-15-21(20)22/h5-12,15H,2-4,13-14,16H2,1H3,(H,28,31). The van der Waals surface area contributed by atoms with Crippen molar-refractivity contribution in [1.82, 2.24) is 15.1 Å². The lowest BCUT2D eigenvalue weighted by molar-refractivity contribution is 0.102. The van der Waals surface area contributed by atoms with E-state index in [0.717, 1.165) is 34.4 Å². The highest BCUT2D eigenvalue weighted by atomic mass is 32.2. The topological polar surface area (TPSA) is 84.2 Å². The van der Waals surface area contributed by atoms with Gasteiger partial charge < -0.3 is 14.7 Å². The molecule has 1 N–H and O–H groups in total. The smallest absolute Gasteiger partial charge is 0.255 e. The summed E-state index contributed by atoms with van der Waals surface area (Å²) in [5.41, 5.74) is 2.59. The molecule has 1 fully saturated rings. The van der Waals surface area contributed by atoms with E-state index in [1.165, 1.54) is 24.9 Å². The number of carbonyl (C=O) groups is 1. The number of nitrogens with one attached hydrogen (secondary N) is 1. The fourth-order valence-electron chi connectivity index (χ4n) is 4.13. The predicted molar refractivity (Wildman–Crippen MR) is 131 cm³/mol. The first kappa shape index (κ1) is 21.5. The van der Waals surface area contributed by atoms with E-state index in [4.69, 9.17) is 4.52 Å². The molecule has 2 aromatic carbocycles. The van der Waals surface area contributed by atoms with E-state index in [1.54, 1.807) is 18.7 Å². The van der Waals surface area contributed by atoms with Crippen molar-refractivity contribution >= 4 is 39.8 Å². The Morgan fingerprint density at radius 3 is 2.64 bits per heavy atom. The van der Waals surface area contributed by atoms with Crippen molar-refractivity contribution < 1.29 is 9.32 Å². The van der Waals surface area contributed by atoms with Crippen LogP contribution in [0, 0.1) is 6.92 Å². The first-order chi connectivity index (χ1) is 16.2. The second-order valence-electron chi connectivity index (χ2n) is 8.10. The number of carbonyl (C=O) groups excluding carboxylic acids is 1. The fourth-order valence-corrected chi connectivity index (χ4v) is 4.87. The monoisotopic (exact) mass is 459 g/mol. The van der Waals surface area contributed by atoms with Gasteiger partial charge in [-0.1, -0.05) is 5.16 Å². The van der Waals surface area contributed by atoms with E-state index in [1.807, 2.05) is 48.8 Å². The molecule has 0 atom stereocenters. The van der Waals surface area contributed by atoms with E-state index < -0.39 is 0 Å². The van der Waals surface area contributed by atoms with Gasteiger partial charge in [0, 0.05) is 52.4 Å². The molecule has 0 unspecified atom stereocenters. The zero-order chi connectivity index (χ0) is 22.6. The van der Waals surface area contributed by atoms with Crippen LogP contribution in [-0.4, -0.2) is 34.1 Å². The Balaban J connectivity index is 1.30. The molecule has 1 aliphatic rings. The number of aromatic nitrogens is 3. The number of hydrogen-bond acceptors (Lipinski definition) is 7. The molecule has 1 aliphatic heterocycles. The first-order valence-electron chi connectivity index (χ1n) is 11.1. The van der Waals surface area contributed by atoms with Crippen molar-refractivity contribution in [2.24, 2.45) is 0 Å². The van der Waals surface area contributed by atoms with Gasteiger partial charge in [0.1, 0.15) is 0 Å². The Bertz CT molecular complexity index is 1270. The number of nitrogens with zero attached hydrogens (tertiary/aromatic N) is 4. The molecule has 4 aromatic rings. The highest BCUT2D eigenvalue weighted by Crippen LogP contribution is 2.33. The first-order valence-corrected chi connectivity index (χ1v) is 12.1. The van der Waals surface area contributed by atoms with Crippen molar-refractivity contribution in [3.63, 3.8) is 0 Å². The Kier molecular flexibility index (Phi) is 6.26. The Hall–Kier alpha value is -3.39. The largest absolute Gasteiger partial charge is 0.371 e. The molecule has 33 heavy (non-hydrogen) atoms. The normalized spacial score (nSPS) is 13.9. The lowest BCUT2D eigenvalue weighted by Crippen LogP contribution is -2.29. The van der Waals surface area contributed by atoms with Crippen LogP contribution in [0.2, 0.25) is 0 Å². The summed E-state index contributed by atoms with van der Waals surface area (Å²) >= 11 is 1.59. The number of pyridine rings is 1. The van der Waals surface area contributed by atoms with Gasteiger partial charge in [-0.15, -0.1) is 11.8 Å². The number of piperidine rings is 1. The quantitative estimate of drug-likeness (QED) is 0.383. The summed E-state index contributed by atoms with van der Waals surface area (Å²) in [6.07, 6.45) is 7.37. The zero-order valence-electron chi connectivity index (χ0n) is 18.5. The summed E-state index contributed by atoms with van der Waals surface area (Å²) in [5.74, 6) is 1.67. The Morgan fingerprint density at radius 2 is 1.88 bits per heavy atom. The van der Waals surface area contributed by atoms with Crippen LogP contribution in [0.4, 0.5) is 11.4 Å². The number of anilines is 2. The lowest BCUT2D eigenvalue weighted by atomic mass is 10.0. The molecule has 3 heterocycles. The number of thioether (sulfide) groups is 1. The minimum absolute atomic E-state index is 0.144. The molecule has 0 saturated carbocycles. The van der Waals surface area contributed by atoms with Crippen molar-refractivity contribution in [3.8, 4) is 0 Å². The van der Waals surface area contributed by atoms with Crippen molar-refractivity contribution in [2.75, 3.05) is 23.3 Å². The number of amides is 1. The molecule has 0 bridgehead atoms. The third-order valence-electron chi connectivity index (χ3n) is 5.79. The summed E-state index contributed by atoms with van der Waals surface area (Å²) in [7, 11) is 0. The molecule has 1 saturated heterocycles. The third kappa shape index (κ3) is 4.85. The van der Waals surface area contributed by atoms with E-state index in [-0.39, 0.29) is 5.91 Å². The van der Waals surface area contributed by atoms with Crippen LogP contribution in [0.25, 0.3) is 10.8 Å². The summed E-state index contributed by atoms with van der Waals surface area (Å²) in [4.78, 5) is 24.9. The minimum atomic E-state index is -0.144. The van der Waals surface area contributed by atoms with Crippen molar-refractivity contribution in [2.45, 2.75) is 36.8 Å². The van der Waals surface area contributed by atoms with Crippen LogP contribution in [0.15, 0.2) is 64.3 Å². The van der Waals surface area contributed by atoms with Gasteiger partial charge in [0.25, 0.3) is 5.91 Å². The van der Waals surface area contributed by atoms with Gasteiger partial charge in [-0.05, 0) is 68.7 Å². The molecular formula is C25H25N5O2S. The number of rotatable bonds is 6. The van der Waals surface area contributed by atoms with Crippen LogP contribution < -0.4 is 10.2 Å². The molecule has 7 nitrogen and oxygen atoms in total. The molecule has 0 radical (unpaired) electrons. The van der Waals surface area contributed by atoms with E-state index in [2.05, 4.69) is 31.4 Å². The molecule has 168 valence electrons. The van der Waals surface area contributed by atoms with Crippen LogP contribution in [-0.2, 0) is 5.75 Å². The number of fused-ring (bicyclic) bond motifs is 1. The lowest BCUT2D eigenvalue weighted by Gasteiger charge is -2.30. The van der Waals surface area contributed by atoms with Gasteiger partial charge in [-0.2, -0.15) is 4.98 Å². The molecule has 8 heteroatoms. The molecule has 2 aromatic heterocycles. The number of hydrogen-bond donors (Lipinski definition) is 1. The third-order valence-corrected chi connectivity index (χ3v) is 6.79. The molecule has 0 spiro atoms. The molecule has 5 rings (SSSR count). The summed E-state index contributed by atoms with van der Waals surface area (Å²) in [6, 6.07) is 13.7. The zero-order valence-corrected chi connectivity index (χ0v) is 19.3. The average Bonchev–Trinajstić information content (AvgIpc) is 3.29. The average molecular weight is 460 g/mol. The van der Waals surface area contributed by atoms with Crippen molar-refractivity contribution in [1.29, 1.82) is 0 Å². The van der Waals surface area contributed by atoms with E-state index in [9.17, 15) is 4.79 Å². The highest BCUT2D eigenvalue weighted by Gasteiger charge is 2.16. The predicted octanol–water partition coefficient (Wildman–Crippen LogP) is 5.46. The van der Waals surface area contributed by atoms with Gasteiger partial charge in [0.2, 0.25) is 5.89 Å². The molecular weight excluding hydrogens is 434 g/mol. The van der Waals surface area contributed by atoms with Crippen LogP contribution >= 0.6 is 11.8 Å². The SMILES string of the molecule is Cc1noc(CSc2ccc(C(=O)Nc3ccc(N4CCCCC4)c4ccncc34)cc2)n1. The number of aryl methyl sites for hydroxylation is 1. The van der Waals surface area contributed by atoms with E-state index >= 15 is 0 Å². The summed E-state index contributed by atoms with van der Waals surface area (Å²) < 4.78 is 5.14. The summed E-state index contributed by atoms with van der Waals surface area (Å²) in [5, 5.41) is 8.95. The van der Waals surface area contributed by atoms with Crippen LogP contribution in [0.3, 0.4) is 0 Å². The van der Waals surface area contributed by atoms with Gasteiger partial charge in [0.15, 0.2) is 5.82 Å². The summed E-state index contributed by atoms with van der Waals surface area (Å²) in [6.45, 7) is 3.94. The van der Waals surface area contributed by atoms with E-state index in [0.29, 0.717) is 23.0 Å². The van der Waals surface area contributed by atoms with Crippen molar-refractivity contribution in [3.05, 3.63) is 72.1 Å². The maximum Gasteiger partial charge on any atom is 0.255 e. The highest BCUT2D eigenvalue weighted by molar-refractivity contribution is 7.98. The van der Waals surface area contributed by atoms with Crippen LogP contribution in [0.1, 0.15) is 41.3 Å². The molecule has 0 aliphatic carbocycles. The minimum Gasteiger partial charge on any atom is -0.371 e. The van der Waals surface area contributed by atoms with Crippen LogP contribution in [0.5, 0.6) is 0 Å². The Morgan fingerprint density at radius 1 is 1.06 bits per heavy atom. The second kappa shape index (κ2) is 9.62. The second-order valence-corrected chi connectivity index (χ2v) is 9.15. The van der Waals surface area contributed by atoms with Gasteiger partial charge >= 0.3 is 0 Å². The number of benzene rings is 2. The maximum atomic E-state index is 13.0. The Labute approximate surface area is 196 Å². The van der Waals surface area contributed by atoms with Gasteiger partial charge in [-0.3, -0.25) is 9.78 Å². The molecule has 1 amide bonds. The van der Waals surface area contributed by atoms with Gasteiger partial charge in [-0.25, -0.2) is 0 Å². The van der Waals surface area contributed by atoms with Gasteiger partial charge in [0.05, 0.1) is 11.4 Å². The fraction of sp³-hybridized carbons (Fsp3) is 0.280.